The topological polar surface area (TPSA) is 32.9 Å². The van der Waals surface area contributed by atoms with Gasteiger partial charge in [-0.05, 0) is 24.3 Å². The van der Waals surface area contributed by atoms with Gasteiger partial charge in [0.15, 0.2) is 5.78 Å². The Hall–Kier alpha value is -1.29. The number of nitrogens with one attached hydrogen (secondary N) is 1. The predicted molar refractivity (Wildman–Crippen MR) is 85.9 cm³/mol. The fraction of sp³-hybridized carbons (Fsp3) is 0. The van der Waals surface area contributed by atoms with Crippen LogP contribution < -0.4 is 0 Å². The Morgan fingerprint density at radius 3 is 2.70 bits per heavy atom. The van der Waals surface area contributed by atoms with Crippen LogP contribution in [0.5, 0.6) is 0 Å². The molecular weight excluding hydrogens is 361 g/mol. The van der Waals surface area contributed by atoms with Crippen molar-refractivity contribution in [1.82, 2.24) is 4.98 Å². The number of hydrogen-bond acceptors (Lipinski definition) is 1. The summed E-state index contributed by atoms with van der Waals surface area (Å²) < 4.78 is 0.770. The number of hydrogen-bond donors (Lipinski definition) is 1. The number of para-hydroxylation sites is 1. The highest BCUT2D eigenvalue weighted by Crippen LogP contribution is 2.28. The fourth-order valence-electron chi connectivity index (χ4n) is 2.15. The van der Waals surface area contributed by atoms with E-state index < -0.39 is 0 Å². The predicted octanol–water partition coefficient (Wildman–Crippen LogP) is 5.47. The molecule has 0 aliphatic carbocycles. The molecule has 0 aliphatic heterocycles. The average molecular weight is 369 g/mol. The third-order valence-electron chi connectivity index (χ3n) is 3.03. The second kappa shape index (κ2) is 5.24. The quantitative estimate of drug-likeness (QED) is 0.598. The molecule has 2 nitrogen and oxygen atoms in total. The van der Waals surface area contributed by atoms with Crippen LogP contribution >= 0.6 is 39.1 Å². The zero-order valence-electron chi connectivity index (χ0n) is 10.1. The summed E-state index contributed by atoms with van der Waals surface area (Å²) in [5, 5.41) is 1.91. The standard InChI is InChI=1S/C15H8BrCl2NO/c16-9-4-8(5-10(17)6-9)15(20)12-7-19-14-11(12)2-1-3-13(14)18/h1-7,19H. The van der Waals surface area contributed by atoms with Crippen molar-refractivity contribution in [2.45, 2.75) is 0 Å². The van der Waals surface area contributed by atoms with Gasteiger partial charge in [-0.3, -0.25) is 4.79 Å². The van der Waals surface area contributed by atoms with Crippen LogP contribution in [0, 0.1) is 0 Å². The Labute approximate surface area is 133 Å². The summed E-state index contributed by atoms with van der Waals surface area (Å²) in [5.41, 5.74) is 1.88. The molecule has 3 aromatic rings. The van der Waals surface area contributed by atoms with Crippen LogP contribution in [0.1, 0.15) is 15.9 Å². The zero-order valence-corrected chi connectivity index (χ0v) is 13.2. The lowest BCUT2D eigenvalue weighted by Gasteiger charge is -2.02. The number of aromatic amines is 1. The number of carbonyl (C=O) groups excluding carboxylic acids is 1. The molecule has 1 aromatic heterocycles. The van der Waals surface area contributed by atoms with Crippen LogP contribution in [-0.4, -0.2) is 10.8 Å². The summed E-state index contributed by atoms with van der Waals surface area (Å²) >= 11 is 15.4. The highest BCUT2D eigenvalue weighted by atomic mass is 79.9. The largest absolute Gasteiger partial charge is 0.359 e. The summed E-state index contributed by atoms with van der Waals surface area (Å²) in [4.78, 5) is 15.6. The lowest BCUT2D eigenvalue weighted by molar-refractivity contribution is 0.104. The zero-order chi connectivity index (χ0) is 14.3. The van der Waals surface area contributed by atoms with Crippen LogP contribution in [-0.2, 0) is 0 Å². The van der Waals surface area contributed by atoms with Gasteiger partial charge in [0.25, 0.3) is 0 Å². The van der Waals surface area contributed by atoms with Gasteiger partial charge in [0.05, 0.1) is 10.5 Å². The first-order valence-corrected chi connectivity index (χ1v) is 7.37. The van der Waals surface area contributed by atoms with E-state index in [2.05, 4.69) is 20.9 Å². The second-order valence-corrected chi connectivity index (χ2v) is 6.11. The Kier molecular flexibility index (Phi) is 3.59. The van der Waals surface area contributed by atoms with Crippen LogP contribution in [0.4, 0.5) is 0 Å². The summed E-state index contributed by atoms with van der Waals surface area (Å²) in [6, 6.07) is 10.6. The van der Waals surface area contributed by atoms with Gasteiger partial charge in [-0.1, -0.05) is 51.3 Å². The molecule has 0 saturated carbocycles. The number of fused-ring (bicyclic) bond motifs is 1. The fourth-order valence-corrected chi connectivity index (χ4v) is 3.23. The van der Waals surface area contributed by atoms with Crippen molar-refractivity contribution in [3.8, 4) is 0 Å². The molecule has 5 heteroatoms. The molecule has 0 unspecified atom stereocenters. The van der Waals surface area contributed by atoms with Gasteiger partial charge in [0, 0.05) is 32.2 Å². The maximum absolute atomic E-state index is 12.6. The number of ketones is 1. The van der Waals surface area contributed by atoms with E-state index in [1.807, 2.05) is 12.1 Å². The maximum Gasteiger partial charge on any atom is 0.195 e. The van der Waals surface area contributed by atoms with Gasteiger partial charge < -0.3 is 4.98 Å². The SMILES string of the molecule is O=C(c1cc(Cl)cc(Br)c1)c1c[nH]c2c(Cl)cccc12. The minimum atomic E-state index is -0.0956. The van der Waals surface area contributed by atoms with Gasteiger partial charge in [0.2, 0.25) is 0 Å². The van der Waals surface area contributed by atoms with Gasteiger partial charge in [-0.15, -0.1) is 0 Å². The van der Waals surface area contributed by atoms with Gasteiger partial charge in [-0.2, -0.15) is 0 Å². The number of H-pyrrole nitrogens is 1. The first-order valence-electron chi connectivity index (χ1n) is 5.82. The first kappa shape index (κ1) is 13.7. The highest BCUT2D eigenvalue weighted by molar-refractivity contribution is 9.10. The summed E-state index contributed by atoms with van der Waals surface area (Å²) in [5.74, 6) is -0.0956. The van der Waals surface area contributed by atoms with E-state index >= 15 is 0 Å². The molecular formula is C15H8BrCl2NO. The summed E-state index contributed by atoms with van der Waals surface area (Å²) in [6.45, 7) is 0. The molecule has 0 spiro atoms. The average Bonchev–Trinajstić information content (AvgIpc) is 2.82. The molecule has 0 aliphatic rings. The molecule has 2 aromatic carbocycles. The third kappa shape index (κ3) is 2.37. The Bertz CT molecular complexity index is 806. The Morgan fingerprint density at radius 2 is 1.95 bits per heavy atom. The minimum Gasteiger partial charge on any atom is -0.359 e. The van der Waals surface area contributed by atoms with Crippen molar-refractivity contribution in [1.29, 1.82) is 0 Å². The van der Waals surface area contributed by atoms with Crippen molar-refractivity contribution in [3.63, 3.8) is 0 Å². The maximum atomic E-state index is 12.6. The normalized spacial score (nSPS) is 10.9. The first-order chi connectivity index (χ1) is 9.56. The van der Waals surface area contributed by atoms with Gasteiger partial charge in [-0.25, -0.2) is 0 Å². The van der Waals surface area contributed by atoms with Crippen molar-refractivity contribution < 1.29 is 4.79 Å². The van der Waals surface area contributed by atoms with E-state index in [9.17, 15) is 4.79 Å². The van der Waals surface area contributed by atoms with Crippen molar-refractivity contribution in [2.75, 3.05) is 0 Å². The molecule has 0 fully saturated rings. The highest BCUT2D eigenvalue weighted by Gasteiger charge is 2.16. The molecule has 100 valence electrons. The molecule has 1 heterocycles. The third-order valence-corrected chi connectivity index (χ3v) is 4.03. The molecule has 20 heavy (non-hydrogen) atoms. The number of halogens is 3. The van der Waals surface area contributed by atoms with E-state index in [0.29, 0.717) is 21.2 Å². The number of benzene rings is 2. The molecule has 1 N–H and O–H groups in total. The van der Waals surface area contributed by atoms with E-state index in [1.165, 1.54) is 0 Å². The molecule has 3 rings (SSSR count). The molecule has 0 atom stereocenters. The van der Waals surface area contributed by atoms with E-state index in [1.54, 1.807) is 30.5 Å². The smallest absolute Gasteiger partial charge is 0.195 e. The van der Waals surface area contributed by atoms with Crippen LogP contribution in [0.3, 0.4) is 0 Å². The molecule has 0 radical (unpaired) electrons. The summed E-state index contributed by atoms with van der Waals surface area (Å²) in [6.07, 6.45) is 1.67. The van der Waals surface area contributed by atoms with E-state index in [0.717, 1.165) is 15.4 Å². The second-order valence-electron chi connectivity index (χ2n) is 4.35. The van der Waals surface area contributed by atoms with Crippen LogP contribution in [0.25, 0.3) is 10.9 Å². The summed E-state index contributed by atoms with van der Waals surface area (Å²) in [7, 11) is 0. The number of carbonyl (C=O) groups is 1. The van der Waals surface area contributed by atoms with Gasteiger partial charge >= 0.3 is 0 Å². The monoisotopic (exact) mass is 367 g/mol. The lowest BCUT2D eigenvalue weighted by atomic mass is 10.0. The van der Waals surface area contributed by atoms with Crippen molar-refractivity contribution in [3.05, 3.63) is 68.2 Å². The number of aromatic nitrogens is 1. The van der Waals surface area contributed by atoms with Crippen molar-refractivity contribution >= 4 is 55.8 Å². The lowest BCUT2D eigenvalue weighted by Crippen LogP contribution is -2.00. The molecule has 0 bridgehead atoms. The molecule has 0 amide bonds. The van der Waals surface area contributed by atoms with Crippen molar-refractivity contribution in [2.24, 2.45) is 0 Å². The number of rotatable bonds is 2. The van der Waals surface area contributed by atoms with Crippen LogP contribution in [0.15, 0.2) is 47.1 Å². The Balaban J connectivity index is 2.15. The van der Waals surface area contributed by atoms with E-state index in [4.69, 9.17) is 23.2 Å². The molecule has 0 saturated heterocycles. The van der Waals surface area contributed by atoms with Crippen LogP contribution in [0.2, 0.25) is 10.0 Å². The Morgan fingerprint density at radius 1 is 1.15 bits per heavy atom. The van der Waals surface area contributed by atoms with Gasteiger partial charge in [0.1, 0.15) is 0 Å². The minimum absolute atomic E-state index is 0.0956. The van der Waals surface area contributed by atoms with E-state index in [-0.39, 0.29) is 5.78 Å².